The minimum absolute atomic E-state index is 0.117. The molecule has 0 aliphatic carbocycles. The molecule has 0 amide bonds. The number of rotatable bonds is 4. The number of hydrogen-bond acceptors (Lipinski definition) is 3. The zero-order valence-corrected chi connectivity index (χ0v) is 11.9. The first-order chi connectivity index (χ1) is 8.91. The van der Waals surface area contributed by atoms with Crippen LogP contribution in [0.5, 0.6) is 0 Å². The van der Waals surface area contributed by atoms with Crippen LogP contribution in [0.4, 0.5) is 0 Å². The van der Waals surface area contributed by atoms with Crippen LogP contribution in [0.2, 0.25) is 0 Å². The highest BCUT2D eigenvalue weighted by molar-refractivity contribution is 5.76. The first-order valence-corrected chi connectivity index (χ1v) is 6.78. The van der Waals surface area contributed by atoms with Crippen molar-refractivity contribution in [1.29, 1.82) is 0 Å². The van der Waals surface area contributed by atoms with Crippen molar-refractivity contribution in [2.45, 2.75) is 45.1 Å². The molecule has 1 aromatic carbocycles. The lowest BCUT2D eigenvalue weighted by Gasteiger charge is -2.18. The molecule has 4 heteroatoms. The number of aliphatic hydroxyl groups excluding tert-OH is 1. The van der Waals surface area contributed by atoms with Gasteiger partial charge < -0.3 is 15.8 Å². The zero-order valence-electron chi connectivity index (χ0n) is 11.9. The monoisotopic (exact) mass is 261 g/mol. The lowest BCUT2D eigenvalue weighted by Crippen LogP contribution is -2.12. The molecule has 4 N–H and O–H groups in total. The van der Waals surface area contributed by atoms with Gasteiger partial charge in [-0.05, 0) is 36.0 Å². The number of imidazole rings is 1. The van der Waals surface area contributed by atoms with E-state index < -0.39 is 0 Å². The van der Waals surface area contributed by atoms with Crippen molar-refractivity contribution in [2.24, 2.45) is 5.73 Å². The van der Waals surface area contributed by atoms with Gasteiger partial charge in [-0.1, -0.05) is 26.8 Å². The average Bonchev–Trinajstić information content (AvgIpc) is 2.77. The topological polar surface area (TPSA) is 74.9 Å². The number of fused-ring (bicyclic) bond motifs is 1. The summed E-state index contributed by atoms with van der Waals surface area (Å²) in [4.78, 5) is 7.84. The number of nitrogens with one attached hydrogen (secondary N) is 1. The van der Waals surface area contributed by atoms with E-state index in [-0.39, 0.29) is 18.1 Å². The second-order valence-electron chi connectivity index (χ2n) is 6.08. The number of nitrogens with two attached hydrogens (primary N) is 1. The molecule has 104 valence electrons. The van der Waals surface area contributed by atoms with Crippen molar-refractivity contribution in [1.82, 2.24) is 9.97 Å². The van der Waals surface area contributed by atoms with Gasteiger partial charge in [0, 0.05) is 6.61 Å². The molecule has 0 unspecified atom stereocenters. The molecule has 19 heavy (non-hydrogen) atoms. The van der Waals surface area contributed by atoms with Crippen molar-refractivity contribution in [2.75, 3.05) is 6.61 Å². The van der Waals surface area contributed by atoms with Gasteiger partial charge in [0.05, 0.1) is 17.1 Å². The maximum Gasteiger partial charge on any atom is 0.124 e. The van der Waals surface area contributed by atoms with Crippen LogP contribution in [0.25, 0.3) is 11.0 Å². The van der Waals surface area contributed by atoms with Crippen molar-refractivity contribution in [3.63, 3.8) is 0 Å². The number of aliphatic hydroxyl groups is 1. The highest BCUT2D eigenvalue weighted by Crippen LogP contribution is 2.26. The third kappa shape index (κ3) is 3.14. The Bertz CT molecular complexity index is 554. The van der Waals surface area contributed by atoms with Crippen LogP contribution < -0.4 is 5.73 Å². The van der Waals surface area contributed by atoms with Gasteiger partial charge in [-0.25, -0.2) is 4.98 Å². The maximum absolute atomic E-state index is 8.84. The first-order valence-electron chi connectivity index (χ1n) is 6.78. The summed E-state index contributed by atoms with van der Waals surface area (Å²) in [7, 11) is 0. The van der Waals surface area contributed by atoms with Gasteiger partial charge in [-0.3, -0.25) is 0 Å². The predicted molar refractivity (Wildman–Crippen MR) is 78.0 cm³/mol. The van der Waals surface area contributed by atoms with Crippen LogP contribution in [-0.2, 0) is 5.41 Å². The number of nitrogens with zero attached hydrogens (tertiary/aromatic N) is 1. The summed E-state index contributed by atoms with van der Waals surface area (Å²) in [6.45, 7) is 6.74. The molecule has 2 aromatic rings. The second-order valence-corrected chi connectivity index (χ2v) is 6.08. The normalized spacial score (nSPS) is 13.9. The molecule has 4 nitrogen and oxygen atoms in total. The molecule has 0 saturated heterocycles. The molecule has 0 aliphatic rings. The van der Waals surface area contributed by atoms with Crippen LogP contribution in [0.1, 0.15) is 51.0 Å². The first kappa shape index (κ1) is 14.0. The summed E-state index contributed by atoms with van der Waals surface area (Å²) < 4.78 is 0. The van der Waals surface area contributed by atoms with Crippen LogP contribution >= 0.6 is 0 Å². The summed E-state index contributed by atoms with van der Waals surface area (Å²) in [5.41, 5.74) is 9.42. The average molecular weight is 261 g/mol. The van der Waals surface area contributed by atoms with E-state index in [1.807, 2.05) is 0 Å². The molecular formula is C15H23N3O. The SMILES string of the molecule is CC(C)(C)c1ccc2[nH]c([C@H](N)CCCO)nc2c1. The molecule has 0 spiro atoms. The van der Waals surface area contributed by atoms with Crippen LogP contribution in [0.15, 0.2) is 18.2 Å². The fraction of sp³-hybridized carbons (Fsp3) is 0.533. The number of aromatic nitrogens is 2. The Kier molecular flexibility index (Phi) is 3.92. The smallest absolute Gasteiger partial charge is 0.124 e. The molecule has 0 saturated carbocycles. The molecular weight excluding hydrogens is 238 g/mol. The minimum atomic E-state index is -0.141. The third-order valence-corrected chi connectivity index (χ3v) is 3.39. The Hall–Kier alpha value is -1.39. The van der Waals surface area contributed by atoms with Gasteiger partial charge in [-0.2, -0.15) is 0 Å². The Morgan fingerprint density at radius 3 is 2.74 bits per heavy atom. The van der Waals surface area contributed by atoms with Gasteiger partial charge in [0.2, 0.25) is 0 Å². The Balaban J connectivity index is 2.30. The largest absolute Gasteiger partial charge is 0.396 e. The highest BCUT2D eigenvalue weighted by atomic mass is 16.2. The standard InChI is InChI=1S/C15H23N3O/c1-15(2,3)10-6-7-12-13(9-10)18-14(17-12)11(16)5-4-8-19/h6-7,9,11,19H,4-5,8,16H2,1-3H3,(H,17,18)/t11-/m1/s1. The summed E-state index contributed by atoms with van der Waals surface area (Å²) >= 11 is 0. The predicted octanol–water partition coefficient (Wildman–Crippen LogP) is 2.63. The molecule has 2 rings (SSSR count). The van der Waals surface area contributed by atoms with E-state index in [0.29, 0.717) is 6.42 Å². The van der Waals surface area contributed by atoms with Gasteiger partial charge in [0.25, 0.3) is 0 Å². The van der Waals surface area contributed by atoms with E-state index in [4.69, 9.17) is 10.8 Å². The molecule has 1 heterocycles. The fourth-order valence-corrected chi connectivity index (χ4v) is 2.12. The molecule has 0 aliphatic heterocycles. The Labute approximate surface area is 114 Å². The molecule has 1 aromatic heterocycles. The van der Waals surface area contributed by atoms with E-state index >= 15 is 0 Å². The van der Waals surface area contributed by atoms with Gasteiger partial charge >= 0.3 is 0 Å². The van der Waals surface area contributed by atoms with Crippen molar-refractivity contribution in [3.05, 3.63) is 29.6 Å². The van der Waals surface area contributed by atoms with Crippen LogP contribution in [-0.4, -0.2) is 21.7 Å². The number of benzene rings is 1. The Morgan fingerprint density at radius 2 is 2.11 bits per heavy atom. The van der Waals surface area contributed by atoms with Crippen molar-refractivity contribution < 1.29 is 5.11 Å². The lowest BCUT2D eigenvalue weighted by atomic mass is 9.87. The summed E-state index contributed by atoms with van der Waals surface area (Å²) in [6, 6.07) is 6.17. The van der Waals surface area contributed by atoms with Crippen molar-refractivity contribution in [3.8, 4) is 0 Å². The van der Waals surface area contributed by atoms with Crippen LogP contribution in [0, 0.1) is 0 Å². The van der Waals surface area contributed by atoms with Gasteiger partial charge in [0.15, 0.2) is 0 Å². The van der Waals surface area contributed by atoms with Crippen LogP contribution in [0.3, 0.4) is 0 Å². The van der Waals surface area contributed by atoms with Crippen molar-refractivity contribution >= 4 is 11.0 Å². The lowest BCUT2D eigenvalue weighted by molar-refractivity contribution is 0.279. The molecule has 0 radical (unpaired) electrons. The summed E-state index contributed by atoms with van der Waals surface area (Å²) in [5, 5.41) is 8.84. The molecule has 0 fully saturated rings. The molecule has 0 bridgehead atoms. The van der Waals surface area contributed by atoms with Gasteiger partial charge in [-0.15, -0.1) is 0 Å². The quantitative estimate of drug-likeness (QED) is 0.792. The summed E-state index contributed by atoms with van der Waals surface area (Å²) in [5.74, 6) is 0.800. The Morgan fingerprint density at radius 1 is 1.37 bits per heavy atom. The fourth-order valence-electron chi connectivity index (χ4n) is 2.12. The third-order valence-electron chi connectivity index (χ3n) is 3.39. The summed E-state index contributed by atoms with van der Waals surface area (Å²) in [6.07, 6.45) is 1.44. The highest BCUT2D eigenvalue weighted by Gasteiger charge is 2.16. The van der Waals surface area contributed by atoms with E-state index in [1.54, 1.807) is 0 Å². The van der Waals surface area contributed by atoms with E-state index in [2.05, 4.69) is 48.9 Å². The number of aromatic amines is 1. The maximum atomic E-state index is 8.84. The number of hydrogen-bond donors (Lipinski definition) is 3. The zero-order chi connectivity index (χ0) is 14.0. The van der Waals surface area contributed by atoms with E-state index in [0.717, 1.165) is 23.3 Å². The van der Waals surface area contributed by atoms with Gasteiger partial charge in [0.1, 0.15) is 5.82 Å². The number of H-pyrrole nitrogens is 1. The van der Waals surface area contributed by atoms with E-state index in [9.17, 15) is 0 Å². The second kappa shape index (κ2) is 5.31. The van der Waals surface area contributed by atoms with E-state index in [1.165, 1.54) is 5.56 Å². The minimum Gasteiger partial charge on any atom is -0.396 e. The molecule has 1 atom stereocenters.